The van der Waals surface area contributed by atoms with Crippen molar-refractivity contribution in [1.82, 2.24) is 4.90 Å². The molecule has 1 saturated heterocycles. The van der Waals surface area contributed by atoms with E-state index >= 15 is 0 Å². The first kappa shape index (κ1) is 20.0. The van der Waals surface area contributed by atoms with Crippen molar-refractivity contribution in [3.8, 4) is 11.5 Å². The van der Waals surface area contributed by atoms with Gasteiger partial charge in [0.2, 0.25) is 5.91 Å². The smallest absolute Gasteiger partial charge is 0.239 e. The van der Waals surface area contributed by atoms with Crippen LogP contribution in [0.15, 0.2) is 78.9 Å². The Morgan fingerprint density at radius 1 is 0.800 bits per heavy atom. The Hall–Kier alpha value is -3.27. The number of hydrogen-bond donors (Lipinski definition) is 0. The fraction of sp³-hybridized carbons (Fsp3) is 0.269. The average molecular weight is 402 g/mol. The summed E-state index contributed by atoms with van der Waals surface area (Å²) >= 11 is 0. The molecule has 1 amide bonds. The van der Waals surface area contributed by atoms with Crippen LogP contribution < -0.4 is 9.47 Å². The molecule has 4 rings (SSSR count). The molecule has 0 saturated carbocycles. The molecular formula is C26H27NO3. The molecule has 4 heteroatoms. The van der Waals surface area contributed by atoms with Gasteiger partial charge in [-0.15, -0.1) is 0 Å². The highest BCUT2D eigenvalue weighted by Gasteiger charge is 2.54. The number of benzene rings is 3. The molecule has 0 N–H and O–H groups in total. The van der Waals surface area contributed by atoms with E-state index in [0.717, 1.165) is 42.0 Å². The van der Waals surface area contributed by atoms with Crippen molar-refractivity contribution in [2.75, 3.05) is 27.3 Å². The molecule has 0 aliphatic carbocycles. The van der Waals surface area contributed by atoms with Crippen LogP contribution >= 0.6 is 0 Å². The summed E-state index contributed by atoms with van der Waals surface area (Å²) in [7, 11) is 3.30. The zero-order valence-electron chi connectivity index (χ0n) is 17.5. The van der Waals surface area contributed by atoms with Crippen molar-refractivity contribution >= 4 is 5.91 Å². The molecule has 1 aliphatic heterocycles. The van der Waals surface area contributed by atoms with E-state index in [4.69, 9.17) is 9.47 Å². The first-order valence-electron chi connectivity index (χ1n) is 10.3. The van der Waals surface area contributed by atoms with E-state index in [1.807, 2.05) is 59.5 Å². The summed E-state index contributed by atoms with van der Waals surface area (Å²) < 4.78 is 10.6. The third kappa shape index (κ3) is 3.65. The fourth-order valence-corrected chi connectivity index (χ4v) is 4.25. The molecule has 0 unspecified atom stereocenters. The quantitative estimate of drug-likeness (QED) is 0.523. The highest BCUT2D eigenvalue weighted by Crippen LogP contribution is 2.43. The van der Waals surface area contributed by atoms with Gasteiger partial charge < -0.3 is 14.4 Å². The van der Waals surface area contributed by atoms with Crippen LogP contribution in [0, 0.1) is 0 Å². The Morgan fingerprint density at radius 2 is 1.33 bits per heavy atom. The number of aryl methyl sites for hydroxylation is 1. The summed E-state index contributed by atoms with van der Waals surface area (Å²) in [6.45, 7) is 1.45. The van der Waals surface area contributed by atoms with Gasteiger partial charge in [-0.2, -0.15) is 0 Å². The topological polar surface area (TPSA) is 38.8 Å². The third-order valence-corrected chi connectivity index (χ3v) is 5.98. The van der Waals surface area contributed by atoms with Crippen molar-refractivity contribution in [1.29, 1.82) is 0 Å². The van der Waals surface area contributed by atoms with Crippen LogP contribution in [0.3, 0.4) is 0 Å². The number of β-lactam (4-membered cyclic amide) rings is 1. The van der Waals surface area contributed by atoms with Gasteiger partial charge in [-0.25, -0.2) is 0 Å². The van der Waals surface area contributed by atoms with Crippen LogP contribution in [0.4, 0.5) is 0 Å². The van der Waals surface area contributed by atoms with Gasteiger partial charge >= 0.3 is 0 Å². The molecule has 0 spiro atoms. The Balaban J connectivity index is 1.55. The van der Waals surface area contributed by atoms with Crippen LogP contribution in [0.1, 0.15) is 23.1 Å². The van der Waals surface area contributed by atoms with Crippen molar-refractivity contribution in [2.24, 2.45) is 0 Å². The van der Waals surface area contributed by atoms with Gasteiger partial charge in [0.1, 0.15) is 16.9 Å². The number of likely N-dealkylation sites (tertiary alicyclic amines) is 1. The molecular weight excluding hydrogens is 374 g/mol. The molecule has 30 heavy (non-hydrogen) atoms. The number of rotatable bonds is 8. The molecule has 3 aromatic carbocycles. The van der Waals surface area contributed by atoms with E-state index in [1.54, 1.807) is 14.2 Å². The number of hydrogen-bond acceptors (Lipinski definition) is 3. The maximum absolute atomic E-state index is 13.5. The standard InChI is InChI=1S/C26H27NO3/c1-29-23-14-10-21(11-15-23)26(22-12-16-24(30-2)17-13-22)19-27(25(26)28)18-6-9-20-7-4-3-5-8-20/h3-5,7-8,10-17H,6,9,18-19H2,1-2H3. The second-order valence-electron chi connectivity index (χ2n) is 7.68. The molecule has 3 aromatic rings. The second-order valence-corrected chi connectivity index (χ2v) is 7.68. The number of amides is 1. The summed E-state index contributed by atoms with van der Waals surface area (Å²) in [6.07, 6.45) is 1.93. The number of methoxy groups -OCH3 is 2. The van der Waals surface area contributed by atoms with Crippen LogP contribution in [0.25, 0.3) is 0 Å². The van der Waals surface area contributed by atoms with Gasteiger partial charge in [0.05, 0.1) is 14.2 Å². The van der Waals surface area contributed by atoms with Crippen molar-refractivity contribution in [3.63, 3.8) is 0 Å². The molecule has 1 fully saturated rings. The van der Waals surface area contributed by atoms with Gasteiger partial charge in [-0.05, 0) is 53.8 Å². The predicted molar refractivity (Wildman–Crippen MR) is 118 cm³/mol. The Kier molecular flexibility index (Phi) is 5.75. The molecule has 4 nitrogen and oxygen atoms in total. The largest absolute Gasteiger partial charge is 0.497 e. The molecule has 0 aromatic heterocycles. The van der Waals surface area contributed by atoms with E-state index in [1.165, 1.54) is 5.56 Å². The van der Waals surface area contributed by atoms with Gasteiger partial charge in [-0.3, -0.25) is 4.79 Å². The zero-order valence-corrected chi connectivity index (χ0v) is 17.5. The second kappa shape index (κ2) is 8.62. The van der Waals surface area contributed by atoms with E-state index in [9.17, 15) is 4.79 Å². The maximum atomic E-state index is 13.5. The first-order valence-corrected chi connectivity index (χ1v) is 10.3. The lowest BCUT2D eigenvalue weighted by atomic mass is 9.67. The van der Waals surface area contributed by atoms with Crippen LogP contribution in [-0.4, -0.2) is 38.1 Å². The maximum Gasteiger partial charge on any atom is 0.239 e. The lowest BCUT2D eigenvalue weighted by Crippen LogP contribution is -2.64. The van der Waals surface area contributed by atoms with Crippen LogP contribution in [0.5, 0.6) is 11.5 Å². The Labute approximate surface area is 178 Å². The molecule has 0 radical (unpaired) electrons. The number of ether oxygens (including phenoxy) is 2. The normalized spacial score (nSPS) is 14.9. The van der Waals surface area contributed by atoms with Crippen molar-refractivity contribution < 1.29 is 14.3 Å². The van der Waals surface area contributed by atoms with Crippen LogP contribution in [0.2, 0.25) is 0 Å². The summed E-state index contributed by atoms with van der Waals surface area (Å²) in [5.74, 6) is 1.73. The number of carbonyl (C=O) groups is 1. The van der Waals surface area contributed by atoms with Crippen molar-refractivity contribution in [2.45, 2.75) is 18.3 Å². The molecule has 0 bridgehead atoms. The van der Waals surface area contributed by atoms with Gasteiger partial charge in [0, 0.05) is 13.1 Å². The predicted octanol–water partition coefficient (Wildman–Crippen LogP) is 4.46. The first-order chi connectivity index (χ1) is 14.7. The Bertz CT molecular complexity index is 934. The monoisotopic (exact) mass is 401 g/mol. The third-order valence-electron chi connectivity index (χ3n) is 5.98. The van der Waals surface area contributed by atoms with E-state index in [0.29, 0.717) is 6.54 Å². The fourth-order valence-electron chi connectivity index (χ4n) is 4.25. The van der Waals surface area contributed by atoms with E-state index in [2.05, 4.69) is 24.3 Å². The molecule has 1 heterocycles. The summed E-state index contributed by atoms with van der Waals surface area (Å²) in [6, 6.07) is 26.1. The summed E-state index contributed by atoms with van der Waals surface area (Å²) in [5, 5.41) is 0. The van der Waals surface area contributed by atoms with E-state index < -0.39 is 5.41 Å². The minimum Gasteiger partial charge on any atom is -0.497 e. The number of nitrogens with zero attached hydrogens (tertiary/aromatic N) is 1. The SMILES string of the molecule is COc1ccc(C2(c3ccc(OC)cc3)CN(CCCc3ccccc3)C2=O)cc1. The van der Waals surface area contributed by atoms with Crippen LogP contribution in [-0.2, 0) is 16.6 Å². The lowest BCUT2D eigenvalue weighted by Gasteiger charge is -2.49. The number of carbonyl (C=O) groups excluding carboxylic acids is 1. The average Bonchev–Trinajstić information content (AvgIpc) is 2.81. The van der Waals surface area contributed by atoms with Gasteiger partial charge in [-0.1, -0.05) is 54.6 Å². The van der Waals surface area contributed by atoms with E-state index in [-0.39, 0.29) is 5.91 Å². The minimum atomic E-state index is -0.648. The van der Waals surface area contributed by atoms with Crippen molar-refractivity contribution in [3.05, 3.63) is 95.6 Å². The molecule has 0 atom stereocenters. The molecule has 1 aliphatic rings. The van der Waals surface area contributed by atoms with Gasteiger partial charge in [0.25, 0.3) is 0 Å². The molecule has 154 valence electrons. The highest BCUT2D eigenvalue weighted by atomic mass is 16.5. The lowest BCUT2D eigenvalue weighted by molar-refractivity contribution is -0.148. The minimum absolute atomic E-state index is 0.158. The Morgan fingerprint density at radius 3 is 1.80 bits per heavy atom. The summed E-state index contributed by atoms with van der Waals surface area (Å²) in [4.78, 5) is 15.5. The highest BCUT2D eigenvalue weighted by molar-refractivity contribution is 5.98. The summed E-state index contributed by atoms with van der Waals surface area (Å²) in [5.41, 5.74) is 2.66. The zero-order chi connectivity index (χ0) is 21.0. The van der Waals surface area contributed by atoms with Gasteiger partial charge in [0.15, 0.2) is 0 Å².